The summed E-state index contributed by atoms with van der Waals surface area (Å²) < 4.78 is 6.44. The molecule has 8 heteroatoms. The van der Waals surface area contributed by atoms with Crippen LogP contribution in [0.4, 0.5) is 5.95 Å². The standard InChI is InChI=1S/C8H15N5O2S/c1-13-7(9)11-12-8(13)16-5-6(14)10-3-4-15-2/h3-5H2,1-2H3,(H2,9,11)(H,10,14). The average Bonchev–Trinajstić information content (AvgIpc) is 2.58. The first-order valence-electron chi connectivity index (χ1n) is 4.68. The molecule has 0 aromatic carbocycles. The molecule has 0 bridgehead atoms. The van der Waals surface area contributed by atoms with E-state index < -0.39 is 0 Å². The van der Waals surface area contributed by atoms with Crippen molar-refractivity contribution in [3.63, 3.8) is 0 Å². The fourth-order valence-corrected chi connectivity index (χ4v) is 1.67. The molecule has 90 valence electrons. The van der Waals surface area contributed by atoms with Crippen LogP contribution in [0.5, 0.6) is 0 Å². The second kappa shape index (κ2) is 6.33. The fraction of sp³-hybridized carbons (Fsp3) is 0.625. The number of rotatable bonds is 6. The van der Waals surface area contributed by atoms with E-state index in [0.29, 0.717) is 24.3 Å². The predicted molar refractivity (Wildman–Crippen MR) is 61.0 cm³/mol. The first-order chi connectivity index (χ1) is 7.65. The van der Waals surface area contributed by atoms with Crippen LogP contribution in [-0.2, 0) is 16.6 Å². The maximum Gasteiger partial charge on any atom is 0.230 e. The van der Waals surface area contributed by atoms with Crippen molar-refractivity contribution in [2.24, 2.45) is 7.05 Å². The third-order valence-corrected chi connectivity index (χ3v) is 2.85. The summed E-state index contributed by atoms with van der Waals surface area (Å²) in [5.41, 5.74) is 5.50. The molecule has 1 rings (SSSR count). The lowest BCUT2D eigenvalue weighted by Crippen LogP contribution is -2.28. The molecule has 1 heterocycles. The molecular weight excluding hydrogens is 230 g/mol. The molecule has 0 saturated heterocycles. The van der Waals surface area contributed by atoms with E-state index in [9.17, 15) is 4.79 Å². The van der Waals surface area contributed by atoms with Crippen LogP contribution < -0.4 is 11.1 Å². The molecule has 0 fully saturated rings. The van der Waals surface area contributed by atoms with E-state index in [1.54, 1.807) is 18.7 Å². The Balaban J connectivity index is 2.29. The zero-order valence-corrected chi connectivity index (χ0v) is 10.1. The number of methoxy groups -OCH3 is 1. The van der Waals surface area contributed by atoms with E-state index in [4.69, 9.17) is 10.5 Å². The van der Waals surface area contributed by atoms with Gasteiger partial charge in [0.25, 0.3) is 0 Å². The summed E-state index contributed by atoms with van der Waals surface area (Å²) in [6.07, 6.45) is 0. The van der Waals surface area contributed by atoms with Gasteiger partial charge in [-0.2, -0.15) is 0 Å². The predicted octanol–water partition coefficient (Wildman–Crippen LogP) is -0.748. The van der Waals surface area contributed by atoms with Gasteiger partial charge in [-0.25, -0.2) is 0 Å². The lowest BCUT2D eigenvalue weighted by molar-refractivity contribution is -0.118. The Morgan fingerprint density at radius 3 is 2.94 bits per heavy atom. The number of carbonyl (C=O) groups excluding carboxylic acids is 1. The van der Waals surface area contributed by atoms with E-state index in [2.05, 4.69) is 15.5 Å². The van der Waals surface area contributed by atoms with Gasteiger partial charge in [-0.05, 0) is 0 Å². The Bertz CT molecular complexity index is 354. The Hall–Kier alpha value is -1.28. The first kappa shape index (κ1) is 12.8. The highest BCUT2D eigenvalue weighted by Gasteiger charge is 2.08. The molecule has 7 nitrogen and oxygen atoms in total. The second-order valence-electron chi connectivity index (χ2n) is 3.03. The molecule has 0 aliphatic carbocycles. The van der Waals surface area contributed by atoms with Crippen molar-refractivity contribution in [3.8, 4) is 0 Å². The molecule has 1 amide bonds. The number of hydrogen-bond acceptors (Lipinski definition) is 6. The Morgan fingerprint density at radius 1 is 1.62 bits per heavy atom. The van der Waals surface area contributed by atoms with Crippen LogP contribution in [0.15, 0.2) is 5.16 Å². The van der Waals surface area contributed by atoms with Crippen LogP contribution in [0.3, 0.4) is 0 Å². The molecule has 1 aromatic rings. The molecule has 1 aromatic heterocycles. The lowest BCUT2D eigenvalue weighted by Gasteiger charge is -2.03. The van der Waals surface area contributed by atoms with Crippen molar-refractivity contribution in [2.45, 2.75) is 5.16 Å². The van der Waals surface area contributed by atoms with E-state index in [-0.39, 0.29) is 11.7 Å². The molecule has 0 spiro atoms. The summed E-state index contributed by atoms with van der Waals surface area (Å²) in [6, 6.07) is 0. The number of anilines is 1. The number of nitrogens with two attached hydrogens (primary N) is 1. The van der Waals surface area contributed by atoms with Gasteiger partial charge in [0.2, 0.25) is 11.9 Å². The van der Waals surface area contributed by atoms with E-state index in [1.807, 2.05) is 0 Å². The number of aromatic nitrogens is 3. The van der Waals surface area contributed by atoms with Crippen molar-refractivity contribution in [3.05, 3.63) is 0 Å². The third kappa shape index (κ3) is 3.70. The van der Waals surface area contributed by atoms with Crippen molar-refractivity contribution in [1.82, 2.24) is 20.1 Å². The lowest BCUT2D eigenvalue weighted by atomic mass is 10.6. The SMILES string of the molecule is COCCNC(=O)CSc1nnc(N)n1C. The zero-order chi connectivity index (χ0) is 12.0. The quantitative estimate of drug-likeness (QED) is 0.506. The van der Waals surface area contributed by atoms with Crippen LogP contribution in [0.1, 0.15) is 0 Å². The number of nitrogens with one attached hydrogen (secondary N) is 1. The minimum Gasteiger partial charge on any atom is -0.383 e. The topological polar surface area (TPSA) is 95.1 Å². The van der Waals surface area contributed by atoms with E-state index in [1.165, 1.54) is 11.8 Å². The maximum atomic E-state index is 11.3. The van der Waals surface area contributed by atoms with E-state index >= 15 is 0 Å². The second-order valence-corrected chi connectivity index (χ2v) is 3.97. The molecular formula is C8H15N5O2S. The van der Waals surface area contributed by atoms with Gasteiger partial charge in [0.15, 0.2) is 5.16 Å². The Morgan fingerprint density at radius 2 is 2.38 bits per heavy atom. The van der Waals surface area contributed by atoms with Gasteiger partial charge in [-0.1, -0.05) is 11.8 Å². The van der Waals surface area contributed by atoms with Crippen LogP contribution >= 0.6 is 11.8 Å². The van der Waals surface area contributed by atoms with Crippen LogP contribution in [0.25, 0.3) is 0 Å². The summed E-state index contributed by atoms with van der Waals surface area (Å²) in [4.78, 5) is 11.3. The molecule has 16 heavy (non-hydrogen) atoms. The van der Waals surface area contributed by atoms with Gasteiger partial charge in [0, 0.05) is 20.7 Å². The van der Waals surface area contributed by atoms with Gasteiger partial charge < -0.3 is 15.8 Å². The number of thioether (sulfide) groups is 1. The van der Waals surface area contributed by atoms with Crippen molar-refractivity contribution < 1.29 is 9.53 Å². The van der Waals surface area contributed by atoms with E-state index in [0.717, 1.165) is 0 Å². The van der Waals surface area contributed by atoms with Crippen LogP contribution in [0, 0.1) is 0 Å². The smallest absolute Gasteiger partial charge is 0.230 e. The summed E-state index contributed by atoms with van der Waals surface area (Å²) in [5.74, 6) is 0.557. The molecule has 0 aliphatic rings. The van der Waals surface area contributed by atoms with Gasteiger partial charge in [-0.15, -0.1) is 10.2 Å². The van der Waals surface area contributed by atoms with Gasteiger partial charge in [0.05, 0.1) is 12.4 Å². The average molecular weight is 245 g/mol. The summed E-state index contributed by atoms with van der Waals surface area (Å²) in [6.45, 7) is 1.02. The summed E-state index contributed by atoms with van der Waals surface area (Å²) in [5, 5.41) is 10.8. The highest BCUT2D eigenvalue weighted by atomic mass is 32.2. The summed E-state index contributed by atoms with van der Waals surface area (Å²) in [7, 11) is 3.34. The highest BCUT2D eigenvalue weighted by Crippen LogP contribution is 2.15. The largest absolute Gasteiger partial charge is 0.383 e. The minimum atomic E-state index is -0.0661. The number of nitrogen functional groups attached to an aromatic ring is 1. The van der Waals surface area contributed by atoms with Crippen LogP contribution in [0.2, 0.25) is 0 Å². The van der Waals surface area contributed by atoms with Gasteiger partial charge >= 0.3 is 0 Å². The molecule has 0 aliphatic heterocycles. The van der Waals surface area contributed by atoms with Crippen molar-refractivity contribution >= 4 is 23.6 Å². The number of hydrogen-bond donors (Lipinski definition) is 2. The van der Waals surface area contributed by atoms with Crippen molar-refractivity contribution in [1.29, 1.82) is 0 Å². The van der Waals surface area contributed by atoms with Gasteiger partial charge in [-0.3, -0.25) is 9.36 Å². The molecule has 0 unspecified atom stereocenters. The molecule has 0 radical (unpaired) electrons. The molecule has 3 N–H and O–H groups in total. The zero-order valence-electron chi connectivity index (χ0n) is 9.27. The maximum absolute atomic E-state index is 11.3. The first-order valence-corrected chi connectivity index (χ1v) is 5.67. The summed E-state index contributed by atoms with van der Waals surface area (Å²) >= 11 is 1.29. The number of amides is 1. The Kier molecular flexibility index (Phi) is 5.06. The van der Waals surface area contributed by atoms with Gasteiger partial charge in [0.1, 0.15) is 0 Å². The number of carbonyl (C=O) groups is 1. The fourth-order valence-electron chi connectivity index (χ4n) is 0.925. The number of ether oxygens (including phenoxy) is 1. The van der Waals surface area contributed by atoms with Crippen molar-refractivity contribution in [2.75, 3.05) is 31.7 Å². The van der Waals surface area contributed by atoms with Crippen LogP contribution in [-0.4, -0.2) is 46.7 Å². The normalized spacial score (nSPS) is 10.4. The third-order valence-electron chi connectivity index (χ3n) is 1.83. The monoisotopic (exact) mass is 245 g/mol. The number of nitrogens with zero attached hydrogens (tertiary/aromatic N) is 3. The Labute approximate surface area is 97.7 Å². The minimum absolute atomic E-state index is 0.0661. The molecule has 0 saturated carbocycles. The molecule has 0 atom stereocenters. The highest BCUT2D eigenvalue weighted by molar-refractivity contribution is 7.99.